The first-order chi connectivity index (χ1) is 27.7. The van der Waals surface area contributed by atoms with E-state index in [1.54, 1.807) is 0 Å². The Kier molecular flexibility index (Phi) is 7.75. The largest absolute Gasteiger partial charge is 0.310 e. The van der Waals surface area contributed by atoms with Crippen LogP contribution in [0.2, 0.25) is 0 Å². The molecule has 10 aromatic carbocycles. The van der Waals surface area contributed by atoms with Crippen LogP contribution in [-0.2, 0) is 0 Å². The van der Waals surface area contributed by atoms with Crippen LogP contribution in [0.3, 0.4) is 0 Å². The summed E-state index contributed by atoms with van der Waals surface area (Å²) in [4.78, 5) is 2.40. The van der Waals surface area contributed by atoms with E-state index in [1.807, 2.05) is 11.3 Å². The first-order valence-electron chi connectivity index (χ1n) is 19.2. The monoisotopic (exact) mass is 729 g/mol. The van der Waals surface area contributed by atoms with Gasteiger partial charge in [-0.15, -0.1) is 11.3 Å². The van der Waals surface area contributed by atoms with E-state index in [2.05, 4.69) is 217 Å². The Labute approximate surface area is 330 Å². The van der Waals surface area contributed by atoms with Crippen LogP contribution in [0, 0.1) is 0 Å². The normalized spacial score (nSPS) is 11.6. The molecule has 1 aromatic heterocycles. The van der Waals surface area contributed by atoms with Gasteiger partial charge in [-0.05, 0) is 115 Å². The fourth-order valence-electron chi connectivity index (χ4n) is 8.49. The van der Waals surface area contributed by atoms with Crippen molar-refractivity contribution in [2.45, 2.75) is 0 Å². The lowest BCUT2D eigenvalue weighted by atomic mass is 9.93. The number of nitrogens with zero attached hydrogens (tertiary/aromatic N) is 1. The van der Waals surface area contributed by atoms with Crippen LogP contribution < -0.4 is 4.90 Å². The zero-order valence-electron chi connectivity index (χ0n) is 30.6. The Bertz CT molecular complexity index is 3230. The molecule has 0 saturated carbocycles. The Hall–Kier alpha value is -7.00. The highest BCUT2D eigenvalue weighted by atomic mass is 32.1. The van der Waals surface area contributed by atoms with Crippen molar-refractivity contribution >= 4 is 80.9 Å². The summed E-state index contributed by atoms with van der Waals surface area (Å²) in [6.45, 7) is 0. The Balaban J connectivity index is 1.01. The molecule has 11 rings (SSSR count). The fourth-order valence-corrected chi connectivity index (χ4v) is 9.66. The molecule has 0 aliphatic carbocycles. The minimum Gasteiger partial charge on any atom is -0.310 e. The van der Waals surface area contributed by atoms with Crippen molar-refractivity contribution in [1.29, 1.82) is 0 Å². The van der Waals surface area contributed by atoms with E-state index in [1.165, 1.54) is 85.9 Å². The molecule has 2 heteroatoms. The molecule has 0 aliphatic heterocycles. The zero-order valence-corrected chi connectivity index (χ0v) is 31.4. The highest BCUT2D eigenvalue weighted by Crippen LogP contribution is 2.44. The predicted octanol–water partition coefficient (Wildman–Crippen LogP) is 16.0. The maximum atomic E-state index is 2.40. The summed E-state index contributed by atoms with van der Waals surface area (Å²) in [5, 5.41) is 10.3. The molecule has 11 aromatic rings. The molecule has 1 nitrogen and oxygen atoms in total. The third kappa shape index (κ3) is 5.54. The van der Waals surface area contributed by atoms with Crippen LogP contribution in [0.4, 0.5) is 17.1 Å². The zero-order chi connectivity index (χ0) is 37.0. The van der Waals surface area contributed by atoms with E-state index in [-0.39, 0.29) is 0 Å². The second-order valence-corrected chi connectivity index (χ2v) is 15.6. The number of fused-ring (bicyclic) bond motifs is 7. The van der Waals surface area contributed by atoms with Gasteiger partial charge in [0.2, 0.25) is 0 Å². The molecule has 0 radical (unpaired) electrons. The van der Waals surface area contributed by atoms with Gasteiger partial charge in [0.05, 0.1) is 5.69 Å². The first kappa shape index (κ1) is 32.4. The molecule has 0 spiro atoms. The topological polar surface area (TPSA) is 3.24 Å². The average molecular weight is 730 g/mol. The molecule has 262 valence electrons. The Morgan fingerprint density at radius 3 is 1.61 bits per heavy atom. The summed E-state index contributed by atoms with van der Waals surface area (Å²) in [5.74, 6) is 0. The molecule has 0 bridgehead atoms. The van der Waals surface area contributed by atoms with E-state index < -0.39 is 0 Å². The van der Waals surface area contributed by atoms with Gasteiger partial charge in [0.1, 0.15) is 0 Å². The molecule has 0 unspecified atom stereocenters. The second-order valence-electron chi connectivity index (χ2n) is 14.5. The van der Waals surface area contributed by atoms with Crippen molar-refractivity contribution in [3.05, 3.63) is 212 Å². The van der Waals surface area contributed by atoms with Crippen molar-refractivity contribution in [3.8, 4) is 33.4 Å². The third-order valence-electron chi connectivity index (χ3n) is 11.2. The number of para-hydroxylation sites is 1. The van der Waals surface area contributed by atoms with Gasteiger partial charge >= 0.3 is 0 Å². The number of hydrogen-bond acceptors (Lipinski definition) is 2. The molecule has 0 saturated heterocycles. The van der Waals surface area contributed by atoms with Gasteiger partial charge in [-0.3, -0.25) is 0 Å². The van der Waals surface area contributed by atoms with Crippen molar-refractivity contribution in [2.24, 2.45) is 0 Å². The molecule has 1 heterocycles. The van der Waals surface area contributed by atoms with Gasteiger partial charge in [0.25, 0.3) is 0 Å². The van der Waals surface area contributed by atoms with E-state index in [0.717, 1.165) is 17.1 Å². The van der Waals surface area contributed by atoms with Crippen LogP contribution in [0.5, 0.6) is 0 Å². The Morgan fingerprint density at radius 1 is 0.286 bits per heavy atom. The summed E-state index contributed by atoms with van der Waals surface area (Å²) < 4.78 is 2.65. The van der Waals surface area contributed by atoms with Gasteiger partial charge in [-0.1, -0.05) is 158 Å². The summed E-state index contributed by atoms with van der Waals surface area (Å²) >= 11 is 1.88. The third-order valence-corrected chi connectivity index (χ3v) is 12.3. The van der Waals surface area contributed by atoms with Crippen molar-refractivity contribution < 1.29 is 0 Å². The number of rotatable bonds is 6. The van der Waals surface area contributed by atoms with Gasteiger partial charge < -0.3 is 4.90 Å². The van der Waals surface area contributed by atoms with Crippen molar-refractivity contribution in [2.75, 3.05) is 4.90 Å². The van der Waals surface area contributed by atoms with Gasteiger partial charge in [0, 0.05) is 37.1 Å². The second kappa shape index (κ2) is 13.4. The van der Waals surface area contributed by atoms with Crippen LogP contribution in [-0.4, -0.2) is 0 Å². The van der Waals surface area contributed by atoms with E-state index in [0.29, 0.717) is 0 Å². The first-order valence-corrected chi connectivity index (χ1v) is 20.0. The van der Waals surface area contributed by atoms with E-state index in [4.69, 9.17) is 0 Å². The maximum Gasteiger partial charge on any atom is 0.0540 e. The lowest BCUT2D eigenvalue weighted by Crippen LogP contribution is -2.11. The standard InChI is InChI=1S/C54H35NS/c1-2-12-37(13-3-1)46-18-10-11-21-52(46)55(44-29-24-38(25-30-44)50-33-42-16-6-7-17-45(42)47-19-8-9-20-48(47)50)43-27-22-36(23-28-43)41-26-31-49-51-32-39-14-4-5-15-40(39)34-54(51)56-53(49)35-41/h1-35H. The highest BCUT2D eigenvalue weighted by Gasteiger charge is 2.18. The SMILES string of the molecule is c1ccc(-c2ccccc2N(c2ccc(-c3ccc4c(c3)sc3cc5ccccc5cc34)cc2)c2ccc(-c3cc4ccccc4c4ccccc34)cc2)cc1. The quantitative estimate of drug-likeness (QED) is 0.154. The van der Waals surface area contributed by atoms with Crippen LogP contribution >= 0.6 is 11.3 Å². The predicted molar refractivity (Wildman–Crippen MR) is 243 cm³/mol. The number of benzene rings is 10. The molecule has 0 N–H and O–H groups in total. The van der Waals surface area contributed by atoms with E-state index >= 15 is 0 Å². The molecule has 56 heavy (non-hydrogen) atoms. The number of anilines is 3. The fraction of sp³-hybridized carbons (Fsp3) is 0. The van der Waals surface area contributed by atoms with E-state index in [9.17, 15) is 0 Å². The molecular formula is C54H35NS. The summed E-state index contributed by atoms with van der Waals surface area (Å²) in [6.07, 6.45) is 0. The summed E-state index contributed by atoms with van der Waals surface area (Å²) in [6, 6.07) is 77.7. The van der Waals surface area contributed by atoms with Crippen LogP contribution in [0.25, 0.3) is 85.9 Å². The highest BCUT2D eigenvalue weighted by molar-refractivity contribution is 7.25. The van der Waals surface area contributed by atoms with Crippen LogP contribution in [0.1, 0.15) is 0 Å². The minimum atomic E-state index is 1.11. The Morgan fingerprint density at radius 2 is 0.839 bits per heavy atom. The lowest BCUT2D eigenvalue weighted by Gasteiger charge is -2.28. The average Bonchev–Trinajstić information content (AvgIpc) is 3.63. The summed E-state index contributed by atoms with van der Waals surface area (Å²) in [5.41, 5.74) is 10.6. The maximum absolute atomic E-state index is 2.40. The molecule has 0 amide bonds. The molecular weight excluding hydrogens is 695 g/mol. The number of hydrogen-bond donors (Lipinski definition) is 0. The smallest absolute Gasteiger partial charge is 0.0540 e. The molecule has 0 aliphatic rings. The van der Waals surface area contributed by atoms with Gasteiger partial charge in [-0.2, -0.15) is 0 Å². The molecule has 0 fully saturated rings. The van der Waals surface area contributed by atoms with Crippen molar-refractivity contribution in [1.82, 2.24) is 0 Å². The summed E-state index contributed by atoms with van der Waals surface area (Å²) in [7, 11) is 0. The van der Waals surface area contributed by atoms with Crippen LogP contribution in [0.15, 0.2) is 212 Å². The number of thiophene rings is 1. The van der Waals surface area contributed by atoms with Crippen molar-refractivity contribution in [3.63, 3.8) is 0 Å². The van der Waals surface area contributed by atoms with Gasteiger partial charge in [-0.25, -0.2) is 0 Å². The lowest BCUT2D eigenvalue weighted by molar-refractivity contribution is 1.28. The van der Waals surface area contributed by atoms with Gasteiger partial charge in [0.15, 0.2) is 0 Å². The minimum absolute atomic E-state index is 1.11. The molecule has 0 atom stereocenters.